The summed E-state index contributed by atoms with van der Waals surface area (Å²) in [6.45, 7) is 0.979. The number of hydrogen-bond acceptors (Lipinski definition) is 2. The number of amides is 2. The van der Waals surface area contributed by atoms with Crippen LogP contribution in [0.3, 0.4) is 0 Å². The van der Waals surface area contributed by atoms with Gasteiger partial charge in [0.2, 0.25) is 0 Å². The number of carbonyl (C=O) groups excluding carboxylic acids is 2. The number of fused-ring (bicyclic) bond motifs is 1. The number of benzene rings is 3. The summed E-state index contributed by atoms with van der Waals surface area (Å²) in [4.78, 5) is 27.1. The number of anilines is 1. The lowest BCUT2D eigenvalue weighted by Gasteiger charge is -2.18. The van der Waals surface area contributed by atoms with Gasteiger partial charge in [-0.1, -0.05) is 47.5 Å². The third-order valence-electron chi connectivity index (χ3n) is 4.95. The van der Waals surface area contributed by atoms with Crippen molar-refractivity contribution in [3.05, 3.63) is 99.0 Å². The van der Waals surface area contributed by atoms with Crippen LogP contribution in [0.4, 0.5) is 5.69 Å². The molecule has 29 heavy (non-hydrogen) atoms. The Kier molecular flexibility index (Phi) is 5.56. The zero-order valence-electron chi connectivity index (χ0n) is 15.5. The third kappa shape index (κ3) is 4.14. The third-order valence-corrected chi connectivity index (χ3v) is 5.53. The summed E-state index contributed by atoms with van der Waals surface area (Å²) in [5.41, 5.74) is 3.96. The van der Waals surface area contributed by atoms with Gasteiger partial charge in [0.1, 0.15) is 0 Å². The summed E-state index contributed by atoms with van der Waals surface area (Å²) < 4.78 is 0. The Morgan fingerprint density at radius 1 is 0.966 bits per heavy atom. The van der Waals surface area contributed by atoms with Crippen molar-refractivity contribution < 1.29 is 9.59 Å². The first kappa shape index (κ1) is 19.5. The van der Waals surface area contributed by atoms with Crippen LogP contribution in [0.5, 0.6) is 0 Å². The topological polar surface area (TPSA) is 49.4 Å². The number of hydrogen-bond donors (Lipinski definition) is 1. The van der Waals surface area contributed by atoms with Gasteiger partial charge in [0.05, 0.1) is 10.6 Å². The minimum absolute atomic E-state index is 0.0577. The van der Waals surface area contributed by atoms with Crippen molar-refractivity contribution in [2.24, 2.45) is 0 Å². The monoisotopic (exact) mass is 424 g/mol. The highest BCUT2D eigenvalue weighted by Crippen LogP contribution is 2.30. The predicted octanol–water partition coefficient (Wildman–Crippen LogP) is 5.13. The second-order valence-electron chi connectivity index (χ2n) is 6.84. The van der Waals surface area contributed by atoms with E-state index in [-0.39, 0.29) is 11.8 Å². The Labute approximate surface area is 179 Å². The van der Waals surface area contributed by atoms with Crippen LogP contribution in [0.25, 0.3) is 0 Å². The maximum absolute atomic E-state index is 12.9. The maximum Gasteiger partial charge on any atom is 0.258 e. The highest BCUT2D eigenvalue weighted by atomic mass is 35.5. The van der Waals surface area contributed by atoms with Crippen LogP contribution in [0.15, 0.2) is 66.7 Å². The average Bonchev–Trinajstić information content (AvgIpc) is 3.15. The van der Waals surface area contributed by atoms with Crippen molar-refractivity contribution in [3.63, 3.8) is 0 Å². The fraction of sp³-hybridized carbons (Fsp3) is 0.130. The molecule has 0 radical (unpaired) electrons. The van der Waals surface area contributed by atoms with Crippen molar-refractivity contribution in [2.45, 2.75) is 13.0 Å². The van der Waals surface area contributed by atoms with E-state index in [0.29, 0.717) is 34.3 Å². The van der Waals surface area contributed by atoms with E-state index >= 15 is 0 Å². The largest absolute Gasteiger partial charge is 0.348 e. The Balaban J connectivity index is 1.50. The zero-order valence-corrected chi connectivity index (χ0v) is 17.0. The highest BCUT2D eigenvalue weighted by Gasteiger charge is 2.25. The fourth-order valence-electron chi connectivity index (χ4n) is 3.42. The standard InChI is InChI=1S/C23H18Cl2N2O2/c24-18-9-7-17(8-10-18)23(29)27-12-11-16-6-5-15(13-21(16)27)14-26-22(28)19-3-1-2-4-20(19)25/h1-10,13H,11-12,14H2,(H,26,28). The molecule has 0 unspecified atom stereocenters. The number of nitrogens with zero attached hydrogens (tertiary/aromatic N) is 1. The number of rotatable bonds is 4. The summed E-state index contributed by atoms with van der Waals surface area (Å²) in [5, 5.41) is 3.90. The van der Waals surface area contributed by atoms with E-state index in [1.807, 2.05) is 18.2 Å². The molecule has 0 aromatic heterocycles. The van der Waals surface area contributed by atoms with E-state index in [9.17, 15) is 9.59 Å². The average molecular weight is 425 g/mol. The van der Waals surface area contributed by atoms with Crippen molar-refractivity contribution in [2.75, 3.05) is 11.4 Å². The zero-order chi connectivity index (χ0) is 20.4. The lowest BCUT2D eigenvalue weighted by molar-refractivity contribution is 0.0949. The molecule has 0 atom stereocenters. The van der Waals surface area contributed by atoms with Crippen LogP contribution < -0.4 is 10.2 Å². The first-order valence-electron chi connectivity index (χ1n) is 9.25. The summed E-state index contributed by atoms with van der Waals surface area (Å²) >= 11 is 12.0. The van der Waals surface area contributed by atoms with Crippen LogP contribution in [-0.2, 0) is 13.0 Å². The molecule has 1 aliphatic rings. The van der Waals surface area contributed by atoms with E-state index in [1.165, 1.54) is 0 Å². The van der Waals surface area contributed by atoms with Gasteiger partial charge in [0, 0.05) is 29.4 Å². The molecule has 0 aliphatic carbocycles. The van der Waals surface area contributed by atoms with E-state index in [4.69, 9.17) is 23.2 Å². The van der Waals surface area contributed by atoms with Crippen molar-refractivity contribution in [1.29, 1.82) is 0 Å². The summed E-state index contributed by atoms with van der Waals surface area (Å²) in [7, 11) is 0. The Morgan fingerprint density at radius 3 is 2.48 bits per heavy atom. The molecule has 3 aromatic rings. The number of halogens is 2. The smallest absolute Gasteiger partial charge is 0.258 e. The summed E-state index contributed by atoms with van der Waals surface area (Å²) in [6.07, 6.45) is 0.806. The first-order chi connectivity index (χ1) is 14.0. The van der Waals surface area contributed by atoms with Gasteiger partial charge < -0.3 is 10.2 Å². The lowest BCUT2D eigenvalue weighted by atomic mass is 10.1. The normalized spacial score (nSPS) is 12.6. The van der Waals surface area contributed by atoms with Gasteiger partial charge >= 0.3 is 0 Å². The van der Waals surface area contributed by atoms with Gasteiger partial charge in [-0.05, 0) is 60.0 Å². The molecular weight excluding hydrogens is 407 g/mol. The number of carbonyl (C=O) groups is 2. The molecule has 1 N–H and O–H groups in total. The van der Waals surface area contributed by atoms with Gasteiger partial charge in [0.25, 0.3) is 11.8 Å². The predicted molar refractivity (Wildman–Crippen MR) is 116 cm³/mol. The lowest BCUT2D eigenvalue weighted by Crippen LogP contribution is -2.29. The van der Waals surface area contributed by atoms with Gasteiger partial charge in [-0.15, -0.1) is 0 Å². The van der Waals surface area contributed by atoms with Crippen molar-refractivity contribution in [1.82, 2.24) is 5.32 Å². The van der Waals surface area contributed by atoms with Gasteiger partial charge in [-0.25, -0.2) is 0 Å². The van der Waals surface area contributed by atoms with Crippen LogP contribution in [0, 0.1) is 0 Å². The fourth-order valence-corrected chi connectivity index (χ4v) is 3.76. The molecule has 0 spiro atoms. The molecule has 4 nitrogen and oxygen atoms in total. The van der Waals surface area contributed by atoms with Crippen LogP contribution in [0.2, 0.25) is 10.0 Å². The van der Waals surface area contributed by atoms with E-state index < -0.39 is 0 Å². The SMILES string of the molecule is O=C(NCc1ccc2c(c1)N(C(=O)c1ccc(Cl)cc1)CC2)c1ccccc1Cl. The van der Waals surface area contributed by atoms with Gasteiger partial charge in [-0.2, -0.15) is 0 Å². The van der Waals surface area contributed by atoms with Gasteiger partial charge in [0.15, 0.2) is 0 Å². The molecule has 0 saturated carbocycles. The molecule has 6 heteroatoms. The van der Waals surface area contributed by atoms with E-state index in [1.54, 1.807) is 53.4 Å². The molecule has 4 rings (SSSR count). The van der Waals surface area contributed by atoms with Crippen molar-refractivity contribution >= 4 is 40.7 Å². The molecule has 0 fully saturated rings. The summed E-state index contributed by atoms with van der Waals surface area (Å²) in [6, 6.07) is 19.8. The van der Waals surface area contributed by atoms with Crippen LogP contribution in [0.1, 0.15) is 31.8 Å². The molecule has 2 amide bonds. The first-order valence-corrected chi connectivity index (χ1v) is 10.0. The maximum atomic E-state index is 12.9. The van der Waals surface area contributed by atoms with E-state index in [0.717, 1.165) is 23.2 Å². The van der Waals surface area contributed by atoms with Crippen molar-refractivity contribution in [3.8, 4) is 0 Å². The molecule has 0 saturated heterocycles. The van der Waals surface area contributed by atoms with Crippen LogP contribution in [-0.4, -0.2) is 18.4 Å². The van der Waals surface area contributed by atoms with E-state index in [2.05, 4.69) is 5.32 Å². The Morgan fingerprint density at radius 2 is 1.72 bits per heavy atom. The second-order valence-corrected chi connectivity index (χ2v) is 7.68. The Bertz CT molecular complexity index is 1080. The quantitative estimate of drug-likeness (QED) is 0.631. The Hall–Kier alpha value is -2.82. The summed E-state index contributed by atoms with van der Waals surface area (Å²) in [5.74, 6) is -0.289. The molecule has 0 bridgehead atoms. The molecule has 1 aliphatic heterocycles. The second kappa shape index (κ2) is 8.27. The van der Waals surface area contributed by atoms with Gasteiger partial charge in [-0.3, -0.25) is 9.59 Å². The molecule has 3 aromatic carbocycles. The molecule has 146 valence electrons. The minimum atomic E-state index is -0.231. The molecular formula is C23H18Cl2N2O2. The highest BCUT2D eigenvalue weighted by molar-refractivity contribution is 6.33. The molecule has 1 heterocycles. The minimum Gasteiger partial charge on any atom is -0.348 e. The number of nitrogens with one attached hydrogen (secondary N) is 1. The van der Waals surface area contributed by atoms with Crippen LogP contribution >= 0.6 is 23.2 Å².